The second-order valence-corrected chi connectivity index (χ2v) is 10.7. The number of carbonyl (C=O) groups excluding carboxylic acids is 1. The van der Waals surface area contributed by atoms with Crippen LogP contribution in [-0.2, 0) is 14.8 Å². The molecule has 1 saturated heterocycles. The highest BCUT2D eigenvalue weighted by molar-refractivity contribution is 9.10. The molecule has 3 rings (SSSR count). The van der Waals surface area contributed by atoms with Crippen LogP contribution in [0.15, 0.2) is 40.9 Å². The van der Waals surface area contributed by atoms with Crippen molar-refractivity contribution in [1.82, 2.24) is 4.90 Å². The Labute approximate surface area is 191 Å². The van der Waals surface area contributed by atoms with Crippen molar-refractivity contribution < 1.29 is 13.2 Å². The molecule has 0 unspecified atom stereocenters. The molecule has 1 aliphatic heterocycles. The van der Waals surface area contributed by atoms with Crippen molar-refractivity contribution >= 4 is 54.8 Å². The molecule has 0 aromatic heterocycles. The van der Waals surface area contributed by atoms with Crippen molar-refractivity contribution in [3.05, 3.63) is 57.0 Å². The largest absolute Gasteiger partial charge is 0.368 e. The lowest BCUT2D eigenvalue weighted by Gasteiger charge is -2.37. The van der Waals surface area contributed by atoms with E-state index in [-0.39, 0.29) is 12.5 Å². The van der Waals surface area contributed by atoms with Crippen LogP contribution in [0.3, 0.4) is 0 Å². The van der Waals surface area contributed by atoms with E-state index >= 15 is 0 Å². The first-order valence-corrected chi connectivity index (χ1v) is 12.6. The number of hydrogen-bond acceptors (Lipinski definition) is 4. The zero-order valence-corrected chi connectivity index (χ0v) is 20.4. The topological polar surface area (TPSA) is 60.9 Å². The van der Waals surface area contributed by atoms with Crippen molar-refractivity contribution in [1.29, 1.82) is 0 Å². The van der Waals surface area contributed by atoms with Crippen LogP contribution in [0.4, 0.5) is 11.4 Å². The van der Waals surface area contributed by atoms with Gasteiger partial charge in [-0.3, -0.25) is 9.10 Å². The van der Waals surface area contributed by atoms with Gasteiger partial charge in [0, 0.05) is 41.4 Å². The molecule has 0 radical (unpaired) electrons. The quantitative estimate of drug-likeness (QED) is 0.608. The van der Waals surface area contributed by atoms with Crippen LogP contribution >= 0.6 is 27.5 Å². The van der Waals surface area contributed by atoms with E-state index in [4.69, 9.17) is 11.6 Å². The predicted octanol–water partition coefficient (Wildman–Crippen LogP) is 3.83. The molecule has 2 aromatic carbocycles. The number of piperazine rings is 1. The Morgan fingerprint density at radius 2 is 1.73 bits per heavy atom. The molecule has 2 aromatic rings. The summed E-state index contributed by atoms with van der Waals surface area (Å²) in [5.41, 5.74) is 3.59. The molecule has 1 amide bonds. The van der Waals surface area contributed by atoms with E-state index in [0.717, 1.165) is 27.5 Å². The number of nitrogens with zero attached hydrogens (tertiary/aromatic N) is 3. The van der Waals surface area contributed by atoms with Crippen LogP contribution in [0.2, 0.25) is 5.02 Å². The molecule has 1 heterocycles. The zero-order valence-electron chi connectivity index (χ0n) is 17.2. The second kappa shape index (κ2) is 9.16. The van der Waals surface area contributed by atoms with Gasteiger partial charge >= 0.3 is 0 Å². The summed E-state index contributed by atoms with van der Waals surface area (Å²) in [4.78, 5) is 16.8. The smallest absolute Gasteiger partial charge is 0.243 e. The summed E-state index contributed by atoms with van der Waals surface area (Å²) in [5.74, 6) is -0.205. The van der Waals surface area contributed by atoms with Crippen molar-refractivity contribution in [2.75, 3.05) is 48.2 Å². The number of anilines is 2. The monoisotopic (exact) mass is 513 g/mol. The molecular weight excluding hydrogens is 490 g/mol. The van der Waals surface area contributed by atoms with Gasteiger partial charge in [0.15, 0.2) is 0 Å². The van der Waals surface area contributed by atoms with Crippen molar-refractivity contribution in [2.45, 2.75) is 13.8 Å². The minimum atomic E-state index is -3.60. The summed E-state index contributed by atoms with van der Waals surface area (Å²) in [5, 5.41) is 0.683. The van der Waals surface area contributed by atoms with Crippen LogP contribution in [0.5, 0.6) is 0 Å². The minimum Gasteiger partial charge on any atom is -0.368 e. The molecule has 0 bridgehead atoms. The Morgan fingerprint density at radius 3 is 2.33 bits per heavy atom. The molecule has 0 aliphatic carbocycles. The number of sulfonamides is 1. The van der Waals surface area contributed by atoms with Gasteiger partial charge in [-0.05, 0) is 55.3 Å². The van der Waals surface area contributed by atoms with E-state index in [1.807, 2.05) is 32.0 Å². The van der Waals surface area contributed by atoms with Gasteiger partial charge in [-0.25, -0.2) is 8.42 Å². The summed E-state index contributed by atoms with van der Waals surface area (Å²) >= 11 is 9.56. The zero-order chi connectivity index (χ0) is 22.1. The van der Waals surface area contributed by atoms with E-state index in [9.17, 15) is 13.2 Å². The summed E-state index contributed by atoms with van der Waals surface area (Å²) in [6.45, 7) is 6.10. The normalized spacial score (nSPS) is 14.7. The van der Waals surface area contributed by atoms with Gasteiger partial charge < -0.3 is 9.80 Å². The van der Waals surface area contributed by atoms with E-state index in [0.29, 0.717) is 36.9 Å². The first kappa shape index (κ1) is 22.9. The Kier molecular flexibility index (Phi) is 6.99. The average Bonchev–Trinajstić information content (AvgIpc) is 2.69. The lowest BCUT2D eigenvalue weighted by Crippen LogP contribution is -2.52. The van der Waals surface area contributed by atoms with E-state index < -0.39 is 10.0 Å². The summed E-state index contributed by atoms with van der Waals surface area (Å²) in [6.07, 6.45) is 1.12. The maximum absolute atomic E-state index is 12.9. The molecule has 30 heavy (non-hydrogen) atoms. The molecule has 0 saturated carbocycles. The van der Waals surface area contributed by atoms with Crippen LogP contribution in [0, 0.1) is 13.8 Å². The maximum atomic E-state index is 12.9. The lowest BCUT2D eigenvalue weighted by atomic mass is 10.1. The molecule has 6 nitrogen and oxygen atoms in total. The number of benzene rings is 2. The minimum absolute atomic E-state index is 0.205. The fourth-order valence-corrected chi connectivity index (χ4v) is 4.78. The maximum Gasteiger partial charge on any atom is 0.243 e. The van der Waals surface area contributed by atoms with Crippen molar-refractivity contribution in [2.24, 2.45) is 0 Å². The van der Waals surface area contributed by atoms with Gasteiger partial charge in [0.05, 0.1) is 11.9 Å². The summed E-state index contributed by atoms with van der Waals surface area (Å²) < 4.78 is 26.8. The molecule has 9 heteroatoms. The summed E-state index contributed by atoms with van der Waals surface area (Å²) in [7, 11) is -3.60. The van der Waals surface area contributed by atoms with Crippen molar-refractivity contribution in [3.8, 4) is 0 Å². The average molecular weight is 515 g/mol. The van der Waals surface area contributed by atoms with Crippen LogP contribution in [0.25, 0.3) is 0 Å². The first-order valence-electron chi connectivity index (χ1n) is 9.59. The Bertz CT molecular complexity index is 1050. The third-order valence-electron chi connectivity index (χ3n) is 5.25. The van der Waals surface area contributed by atoms with E-state index in [1.54, 1.807) is 23.1 Å². The Hall–Kier alpha value is -1.77. The number of hydrogen-bond donors (Lipinski definition) is 0. The SMILES string of the molecule is Cc1cc(N(CC(=O)N2CCN(c3cc(Cl)ccc3C)CC2)S(C)(=O)=O)ccc1Br. The number of aryl methyl sites for hydroxylation is 2. The van der Waals surface area contributed by atoms with Gasteiger partial charge in [-0.15, -0.1) is 0 Å². The van der Waals surface area contributed by atoms with Crippen LogP contribution in [-0.4, -0.2) is 58.2 Å². The van der Waals surface area contributed by atoms with Gasteiger partial charge in [-0.2, -0.15) is 0 Å². The molecule has 0 spiro atoms. The molecule has 0 N–H and O–H groups in total. The Morgan fingerprint density at radius 1 is 1.07 bits per heavy atom. The van der Waals surface area contributed by atoms with Gasteiger partial charge in [0.1, 0.15) is 6.54 Å². The van der Waals surface area contributed by atoms with E-state index in [2.05, 4.69) is 20.8 Å². The second-order valence-electron chi connectivity index (χ2n) is 7.50. The highest BCUT2D eigenvalue weighted by atomic mass is 79.9. The van der Waals surface area contributed by atoms with Crippen LogP contribution < -0.4 is 9.21 Å². The molecule has 1 aliphatic rings. The highest BCUT2D eigenvalue weighted by Gasteiger charge is 2.27. The predicted molar refractivity (Wildman–Crippen MR) is 126 cm³/mol. The number of amides is 1. The van der Waals surface area contributed by atoms with Gasteiger partial charge in [0.25, 0.3) is 0 Å². The lowest BCUT2D eigenvalue weighted by molar-refractivity contribution is -0.129. The summed E-state index contributed by atoms with van der Waals surface area (Å²) in [6, 6.07) is 11.0. The fraction of sp³-hybridized carbons (Fsp3) is 0.381. The molecule has 1 fully saturated rings. The van der Waals surface area contributed by atoms with Crippen LogP contribution in [0.1, 0.15) is 11.1 Å². The first-order chi connectivity index (χ1) is 14.1. The third-order valence-corrected chi connectivity index (χ3v) is 7.52. The van der Waals surface area contributed by atoms with Gasteiger partial charge in [-0.1, -0.05) is 33.6 Å². The number of halogens is 2. The third kappa shape index (κ3) is 5.28. The standard InChI is InChI=1S/C21H25BrClN3O3S/c1-15-4-5-17(23)13-20(15)24-8-10-25(11-9-24)21(27)14-26(30(3,28)29)18-6-7-19(22)16(2)12-18/h4-7,12-13H,8-11,14H2,1-3H3. The fourth-order valence-electron chi connectivity index (χ4n) is 3.53. The number of rotatable bonds is 5. The molecular formula is C21H25BrClN3O3S. The highest BCUT2D eigenvalue weighted by Crippen LogP contribution is 2.27. The molecule has 162 valence electrons. The van der Waals surface area contributed by atoms with Crippen molar-refractivity contribution in [3.63, 3.8) is 0 Å². The number of carbonyl (C=O) groups is 1. The molecule has 0 atom stereocenters. The van der Waals surface area contributed by atoms with E-state index in [1.165, 1.54) is 4.31 Å². The van der Waals surface area contributed by atoms with Gasteiger partial charge in [0.2, 0.25) is 15.9 Å². The Balaban J connectivity index is 1.70.